The molecule has 0 saturated carbocycles. The third-order valence-electron chi connectivity index (χ3n) is 4.39. The summed E-state index contributed by atoms with van der Waals surface area (Å²) in [7, 11) is -9.58. The van der Waals surface area contributed by atoms with E-state index >= 15 is 0 Å². The number of rotatable bonds is 16. The van der Waals surface area contributed by atoms with Crippen LogP contribution in [-0.4, -0.2) is 47.3 Å². The summed E-state index contributed by atoms with van der Waals surface area (Å²) in [5, 5.41) is 0. The van der Waals surface area contributed by atoms with Crippen LogP contribution >= 0.6 is 0 Å². The van der Waals surface area contributed by atoms with Gasteiger partial charge in [-0.2, -0.15) is 8.42 Å². The van der Waals surface area contributed by atoms with Crippen molar-refractivity contribution in [3.8, 4) is 0 Å². The maximum Gasteiger partial charge on any atom is 1.00 e. The van der Waals surface area contributed by atoms with Crippen molar-refractivity contribution in [3.05, 3.63) is 0 Å². The fourth-order valence-corrected chi connectivity index (χ4v) is 2.96. The minimum Gasteiger partial charge on any atom is -0.726 e. The molecule has 0 aliphatic heterocycles. The molecule has 0 aliphatic rings. The Kier molecular flexibility index (Phi) is 32.8. The molecule has 0 radical (unpaired) electrons. The number of unbranched alkanes of at least 4 members (excludes halogenated alkanes) is 10. The molecule has 32 heavy (non-hydrogen) atoms. The van der Waals surface area contributed by atoms with Gasteiger partial charge in [-0.15, -0.1) is 0 Å². The number of hydrogen-bond acceptors (Lipinski definition) is 6. The van der Waals surface area contributed by atoms with Gasteiger partial charge < -0.3 is 9.29 Å². The van der Waals surface area contributed by atoms with E-state index in [4.69, 9.17) is 39.8 Å². The normalized spacial score (nSPS) is 13.0. The Morgan fingerprint density at radius 1 is 0.656 bits per heavy atom. The average molecular weight is 517 g/mol. The molecule has 0 heterocycles. The summed E-state index contributed by atoms with van der Waals surface area (Å²) in [6.07, 6.45) is 20.0. The average Bonchev–Trinajstić information content (AvgIpc) is 2.58. The van der Waals surface area contributed by atoms with E-state index in [2.05, 4.69) is 27.7 Å². The molecule has 0 aromatic carbocycles. The van der Waals surface area contributed by atoms with Gasteiger partial charge >= 0.3 is 40.0 Å². The van der Waals surface area contributed by atoms with Crippen LogP contribution in [0.15, 0.2) is 0 Å². The van der Waals surface area contributed by atoms with E-state index in [0.717, 1.165) is 0 Å². The minimum atomic E-state index is -4.92. The zero-order valence-corrected chi connectivity index (χ0v) is 24.3. The summed E-state index contributed by atoms with van der Waals surface area (Å²) in [5.41, 5.74) is 0. The molecule has 192 valence electrons. The van der Waals surface area contributed by atoms with Crippen molar-refractivity contribution in [2.75, 3.05) is 0 Å². The molecule has 0 aromatic heterocycles. The first kappa shape index (κ1) is 39.9. The Balaban J connectivity index is -0.000000296. The molecule has 0 aromatic rings. The monoisotopic (exact) mass is 516 g/mol. The maximum absolute atomic E-state index is 8.74. The molecule has 0 bridgehead atoms. The van der Waals surface area contributed by atoms with Gasteiger partial charge in [-0.1, -0.05) is 90.9 Å². The first-order chi connectivity index (χ1) is 14.2. The maximum atomic E-state index is 8.74. The van der Waals surface area contributed by atoms with E-state index in [1.807, 2.05) is 0 Å². The Labute approximate surface area is 218 Å². The smallest absolute Gasteiger partial charge is 0.726 e. The quantitative estimate of drug-likeness (QED) is 0.121. The molecule has 0 rings (SSSR count). The second-order valence-electron chi connectivity index (χ2n) is 7.75. The Morgan fingerprint density at radius 2 is 0.875 bits per heavy atom. The fourth-order valence-electron chi connectivity index (χ4n) is 2.96. The summed E-state index contributed by atoms with van der Waals surface area (Å²) in [6.45, 7) is 9.07. The van der Waals surface area contributed by atoms with Gasteiger partial charge in [-0.05, 0) is 26.7 Å². The summed E-state index contributed by atoms with van der Waals surface area (Å²) in [4.78, 5) is 0. The number of hydrogen-bond donors (Lipinski definition) is 3. The molecule has 0 aliphatic carbocycles. The van der Waals surface area contributed by atoms with E-state index in [0.29, 0.717) is 12.2 Å². The summed E-state index contributed by atoms with van der Waals surface area (Å²) in [5.74, 6) is 0. The van der Waals surface area contributed by atoms with Crippen molar-refractivity contribution >= 4 is 20.8 Å². The van der Waals surface area contributed by atoms with Crippen LogP contribution in [0.2, 0.25) is 0 Å². The zero-order chi connectivity index (χ0) is 24.8. The van der Waals surface area contributed by atoms with Gasteiger partial charge in [0.2, 0.25) is 10.4 Å². The van der Waals surface area contributed by atoms with Crippen molar-refractivity contribution in [2.45, 2.75) is 130 Å². The van der Waals surface area contributed by atoms with Crippen molar-refractivity contribution in [1.82, 2.24) is 0 Å². The molecule has 0 spiro atoms. The van der Waals surface area contributed by atoms with Gasteiger partial charge in [0.25, 0.3) is 0 Å². The molecule has 9 nitrogen and oxygen atoms in total. The van der Waals surface area contributed by atoms with Crippen LogP contribution in [0.4, 0.5) is 0 Å². The third-order valence-corrected chi connectivity index (χ3v) is 4.39. The van der Waals surface area contributed by atoms with Crippen molar-refractivity contribution in [1.29, 1.82) is 0 Å². The zero-order valence-electron chi connectivity index (χ0n) is 20.7. The van der Waals surface area contributed by atoms with Gasteiger partial charge in [0.1, 0.15) is 0 Å². The van der Waals surface area contributed by atoms with Crippen LogP contribution in [0.25, 0.3) is 0 Å². The summed E-state index contributed by atoms with van der Waals surface area (Å²) >= 11 is 0. The van der Waals surface area contributed by atoms with Gasteiger partial charge in [0.05, 0.1) is 12.2 Å². The van der Waals surface area contributed by atoms with Crippen LogP contribution in [0.1, 0.15) is 118 Å². The molecule has 0 fully saturated rings. The van der Waals surface area contributed by atoms with E-state index in [9.17, 15) is 0 Å². The summed E-state index contributed by atoms with van der Waals surface area (Å²) < 4.78 is 70.5. The predicted octanol–water partition coefficient (Wildman–Crippen LogP) is 2.64. The fraction of sp³-hybridized carbons (Fsp3) is 1.00. The summed E-state index contributed by atoms with van der Waals surface area (Å²) in [6, 6.07) is 0. The molecular formula is C20H45NaO9S2. The van der Waals surface area contributed by atoms with Gasteiger partial charge in [0.15, 0.2) is 0 Å². The first-order valence-corrected chi connectivity index (χ1v) is 14.0. The predicted molar refractivity (Wildman–Crippen MR) is 122 cm³/mol. The molecule has 3 N–H and O–H groups in total. The molecule has 2 unspecified atom stereocenters. The number of ether oxygens (including phenoxy) is 1. The first-order valence-electron chi connectivity index (χ1n) is 11.2. The van der Waals surface area contributed by atoms with E-state index in [1.54, 1.807) is 0 Å². The third kappa shape index (κ3) is 63.2. The molecular weight excluding hydrogens is 471 g/mol. The molecule has 12 heteroatoms. The van der Waals surface area contributed by atoms with Gasteiger partial charge in [0, 0.05) is 0 Å². The topological polar surface area (TPSA) is 161 Å². The van der Waals surface area contributed by atoms with Crippen LogP contribution in [0, 0.1) is 0 Å². The van der Waals surface area contributed by atoms with Crippen molar-refractivity contribution in [3.63, 3.8) is 0 Å². The van der Waals surface area contributed by atoms with E-state index in [-0.39, 0.29) is 29.6 Å². The van der Waals surface area contributed by atoms with Gasteiger partial charge in [-0.3, -0.25) is 13.7 Å². The molecule has 2 atom stereocenters. The minimum absolute atomic E-state index is 0. The molecule has 0 amide bonds. The Bertz CT molecular complexity index is 504. The van der Waals surface area contributed by atoms with E-state index in [1.165, 1.54) is 89.9 Å². The SMILES string of the molecule is CCCCCCCCC(C)OC(C)CCCCCCCC.O=S(=O)(O)O.O=S(=O)([O-])O.[Na+]. The molecule has 0 saturated heterocycles. The van der Waals surface area contributed by atoms with E-state index < -0.39 is 20.8 Å². The van der Waals surface area contributed by atoms with Crippen molar-refractivity contribution < 1.29 is 69.3 Å². The second kappa shape index (κ2) is 26.3. The van der Waals surface area contributed by atoms with Crippen molar-refractivity contribution in [2.24, 2.45) is 0 Å². The van der Waals surface area contributed by atoms with Crippen LogP contribution < -0.4 is 29.6 Å². The Hall–Kier alpha value is 0.700. The van der Waals surface area contributed by atoms with Crippen LogP contribution in [-0.2, 0) is 25.5 Å². The van der Waals surface area contributed by atoms with Crippen LogP contribution in [0.5, 0.6) is 0 Å². The van der Waals surface area contributed by atoms with Gasteiger partial charge in [-0.25, -0.2) is 8.42 Å². The largest absolute Gasteiger partial charge is 1.00 e. The standard InChI is InChI=1S/C20H42O.Na.2H2O4S/c1-5-7-9-11-13-15-17-19(3)21-20(4)18-16-14-12-10-8-6-2;;2*1-5(2,3)4/h19-20H,5-18H2,1-4H3;;2*(H2,1,2,3,4)/q;+1;;/p-1. The Morgan fingerprint density at radius 3 is 1.12 bits per heavy atom. The van der Waals surface area contributed by atoms with Crippen LogP contribution in [0.3, 0.4) is 0 Å². The second-order valence-corrected chi connectivity index (χ2v) is 9.50.